The predicted octanol–water partition coefficient (Wildman–Crippen LogP) is 0.251. The monoisotopic (exact) mass is 355 g/mol. The number of anilines is 1. The molecule has 6 nitrogen and oxygen atoms in total. The van der Waals surface area contributed by atoms with Crippen LogP contribution in [0.2, 0.25) is 0 Å². The van der Waals surface area contributed by atoms with Crippen LogP contribution >= 0.6 is 0 Å². The molecular formula is C16H22FN3O3S. The first-order chi connectivity index (χ1) is 11.4. The number of amides is 1. The summed E-state index contributed by atoms with van der Waals surface area (Å²) in [5.41, 5.74) is 0.595. The molecule has 1 aromatic rings. The predicted molar refractivity (Wildman–Crippen MR) is 90.3 cm³/mol. The summed E-state index contributed by atoms with van der Waals surface area (Å²) in [5, 5.41) is 2.80. The van der Waals surface area contributed by atoms with Crippen molar-refractivity contribution in [3.05, 3.63) is 30.1 Å². The summed E-state index contributed by atoms with van der Waals surface area (Å²) in [4.78, 5) is 16.1. The van der Waals surface area contributed by atoms with Crippen LogP contribution in [0.15, 0.2) is 24.3 Å². The molecular weight excluding hydrogens is 333 g/mol. The Morgan fingerprint density at radius 1 is 1.21 bits per heavy atom. The second-order valence-corrected chi connectivity index (χ2v) is 8.61. The Bertz CT molecular complexity index is 702. The van der Waals surface area contributed by atoms with E-state index in [0.717, 1.165) is 0 Å². The Kier molecular flexibility index (Phi) is 5.05. The lowest BCUT2D eigenvalue weighted by Gasteiger charge is -2.35. The van der Waals surface area contributed by atoms with Crippen molar-refractivity contribution in [1.29, 1.82) is 0 Å². The van der Waals surface area contributed by atoms with Crippen molar-refractivity contribution in [2.24, 2.45) is 0 Å². The second-order valence-electron chi connectivity index (χ2n) is 6.38. The molecule has 1 amide bonds. The first-order valence-electron chi connectivity index (χ1n) is 8.14. The SMILES string of the molecule is O=C(CN1CCN(c2ccccc2F)CC1)N[C@@H]1CCS(=O)(=O)C1. The molecule has 132 valence electrons. The number of halogens is 1. The van der Waals surface area contributed by atoms with Gasteiger partial charge in [-0.1, -0.05) is 12.1 Å². The molecule has 0 saturated carbocycles. The van der Waals surface area contributed by atoms with E-state index < -0.39 is 9.84 Å². The van der Waals surface area contributed by atoms with Crippen LogP contribution in [0.3, 0.4) is 0 Å². The van der Waals surface area contributed by atoms with Crippen molar-refractivity contribution >= 4 is 21.4 Å². The summed E-state index contributed by atoms with van der Waals surface area (Å²) < 4.78 is 36.6. The van der Waals surface area contributed by atoms with Crippen LogP contribution in [-0.2, 0) is 14.6 Å². The Labute approximate surface area is 141 Å². The molecule has 1 aromatic carbocycles. The quantitative estimate of drug-likeness (QED) is 0.839. The minimum Gasteiger partial charge on any atom is -0.367 e. The van der Waals surface area contributed by atoms with E-state index in [2.05, 4.69) is 5.32 Å². The van der Waals surface area contributed by atoms with Crippen molar-refractivity contribution in [3.8, 4) is 0 Å². The van der Waals surface area contributed by atoms with E-state index in [1.165, 1.54) is 6.07 Å². The number of nitrogens with one attached hydrogen (secondary N) is 1. The molecule has 1 atom stereocenters. The summed E-state index contributed by atoms with van der Waals surface area (Å²) in [6.07, 6.45) is 0.495. The Morgan fingerprint density at radius 2 is 1.92 bits per heavy atom. The van der Waals surface area contributed by atoms with Crippen molar-refractivity contribution in [3.63, 3.8) is 0 Å². The molecule has 2 aliphatic rings. The van der Waals surface area contributed by atoms with Gasteiger partial charge in [0, 0.05) is 32.2 Å². The van der Waals surface area contributed by atoms with E-state index >= 15 is 0 Å². The van der Waals surface area contributed by atoms with Crippen LogP contribution < -0.4 is 10.2 Å². The molecule has 3 rings (SSSR count). The number of benzene rings is 1. The van der Waals surface area contributed by atoms with Gasteiger partial charge in [0.15, 0.2) is 9.84 Å². The van der Waals surface area contributed by atoms with E-state index in [0.29, 0.717) is 38.3 Å². The smallest absolute Gasteiger partial charge is 0.234 e. The van der Waals surface area contributed by atoms with Crippen LogP contribution in [0.4, 0.5) is 10.1 Å². The molecule has 8 heteroatoms. The Balaban J connectivity index is 1.45. The first-order valence-corrected chi connectivity index (χ1v) is 9.97. The zero-order valence-corrected chi connectivity index (χ0v) is 14.3. The lowest BCUT2D eigenvalue weighted by atomic mass is 10.2. The number of hydrogen-bond donors (Lipinski definition) is 1. The summed E-state index contributed by atoms with van der Waals surface area (Å²) >= 11 is 0. The number of para-hydroxylation sites is 1. The molecule has 2 fully saturated rings. The molecule has 2 saturated heterocycles. The topological polar surface area (TPSA) is 69.7 Å². The highest BCUT2D eigenvalue weighted by Gasteiger charge is 2.29. The molecule has 0 radical (unpaired) electrons. The van der Waals surface area contributed by atoms with Crippen molar-refractivity contribution in [1.82, 2.24) is 10.2 Å². The van der Waals surface area contributed by atoms with Gasteiger partial charge < -0.3 is 10.2 Å². The third-order valence-electron chi connectivity index (χ3n) is 4.53. The number of carbonyl (C=O) groups excluding carboxylic acids is 1. The largest absolute Gasteiger partial charge is 0.367 e. The fourth-order valence-corrected chi connectivity index (χ4v) is 4.91. The number of sulfone groups is 1. The van der Waals surface area contributed by atoms with E-state index in [1.807, 2.05) is 15.9 Å². The van der Waals surface area contributed by atoms with Gasteiger partial charge in [-0.3, -0.25) is 9.69 Å². The Morgan fingerprint density at radius 3 is 2.54 bits per heavy atom. The molecule has 0 aromatic heterocycles. The average Bonchev–Trinajstić information content (AvgIpc) is 2.87. The molecule has 2 aliphatic heterocycles. The van der Waals surface area contributed by atoms with Gasteiger partial charge in [0.25, 0.3) is 0 Å². The molecule has 1 N–H and O–H groups in total. The number of nitrogens with zero attached hydrogens (tertiary/aromatic N) is 2. The van der Waals surface area contributed by atoms with Gasteiger partial charge in [0.05, 0.1) is 23.7 Å². The normalized spacial score (nSPS) is 24.0. The lowest BCUT2D eigenvalue weighted by Crippen LogP contribution is -2.50. The minimum atomic E-state index is -2.99. The molecule has 0 bridgehead atoms. The Hall–Kier alpha value is -1.67. The molecule has 24 heavy (non-hydrogen) atoms. The zero-order valence-electron chi connectivity index (χ0n) is 13.4. The van der Waals surface area contributed by atoms with Gasteiger partial charge in [0.1, 0.15) is 5.82 Å². The van der Waals surface area contributed by atoms with Crippen LogP contribution in [0.1, 0.15) is 6.42 Å². The van der Waals surface area contributed by atoms with Crippen LogP contribution in [0.5, 0.6) is 0 Å². The average molecular weight is 355 g/mol. The fourth-order valence-electron chi connectivity index (χ4n) is 3.24. The number of rotatable bonds is 4. The van der Waals surface area contributed by atoms with Gasteiger partial charge in [-0.2, -0.15) is 0 Å². The molecule has 0 spiro atoms. The van der Waals surface area contributed by atoms with Crippen LogP contribution in [0.25, 0.3) is 0 Å². The van der Waals surface area contributed by atoms with Crippen LogP contribution in [0, 0.1) is 5.82 Å². The third kappa shape index (κ3) is 4.24. The molecule has 2 heterocycles. The summed E-state index contributed by atoms with van der Waals surface area (Å²) in [7, 11) is -2.99. The van der Waals surface area contributed by atoms with E-state index in [1.54, 1.807) is 12.1 Å². The van der Waals surface area contributed by atoms with Gasteiger partial charge in [-0.25, -0.2) is 12.8 Å². The minimum absolute atomic E-state index is 0.0415. The second kappa shape index (κ2) is 7.06. The van der Waals surface area contributed by atoms with Gasteiger partial charge in [-0.05, 0) is 18.6 Å². The van der Waals surface area contributed by atoms with Crippen molar-refractivity contribution < 1.29 is 17.6 Å². The highest BCUT2D eigenvalue weighted by atomic mass is 32.2. The summed E-state index contributed by atoms with van der Waals surface area (Å²) in [5.74, 6) is -0.179. The standard InChI is InChI=1S/C16H22FN3O3S/c17-14-3-1-2-4-15(14)20-8-6-19(7-9-20)11-16(21)18-13-5-10-24(22,23)12-13/h1-4,13H,5-12H2,(H,18,21)/t13-/m1/s1. The van der Waals surface area contributed by atoms with Gasteiger partial charge in [0.2, 0.25) is 5.91 Å². The van der Waals surface area contributed by atoms with Gasteiger partial charge in [-0.15, -0.1) is 0 Å². The maximum atomic E-state index is 13.8. The maximum absolute atomic E-state index is 13.8. The summed E-state index contributed by atoms with van der Waals surface area (Å²) in [6.45, 7) is 2.91. The number of piperazine rings is 1. The zero-order chi connectivity index (χ0) is 17.2. The molecule has 0 aliphatic carbocycles. The fraction of sp³-hybridized carbons (Fsp3) is 0.562. The highest BCUT2D eigenvalue weighted by molar-refractivity contribution is 7.91. The first kappa shape index (κ1) is 17.2. The van der Waals surface area contributed by atoms with Crippen molar-refractivity contribution in [2.45, 2.75) is 12.5 Å². The van der Waals surface area contributed by atoms with E-state index in [4.69, 9.17) is 0 Å². The molecule has 0 unspecified atom stereocenters. The summed E-state index contributed by atoms with van der Waals surface area (Å²) in [6, 6.07) is 6.43. The van der Waals surface area contributed by atoms with E-state index in [9.17, 15) is 17.6 Å². The van der Waals surface area contributed by atoms with Crippen molar-refractivity contribution in [2.75, 3.05) is 49.1 Å². The highest BCUT2D eigenvalue weighted by Crippen LogP contribution is 2.20. The third-order valence-corrected chi connectivity index (χ3v) is 6.30. The number of carbonyl (C=O) groups is 1. The maximum Gasteiger partial charge on any atom is 0.234 e. The number of hydrogen-bond acceptors (Lipinski definition) is 5. The lowest BCUT2D eigenvalue weighted by molar-refractivity contribution is -0.122. The van der Waals surface area contributed by atoms with Gasteiger partial charge >= 0.3 is 0 Å². The van der Waals surface area contributed by atoms with Crippen LogP contribution in [-0.4, -0.2) is 69.5 Å². The van der Waals surface area contributed by atoms with E-state index in [-0.39, 0.29) is 35.8 Å².